The van der Waals surface area contributed by atoms with Gasteiger partial charge in [0.2, 0.25) is 0 Å². The van der Waals surface area contributed by atoms with E-state index < -0.39 is 0 Å². The second-order valence-corrected chi connectivity index (χ2v) is 5.37. The number of nitrogens with zero attached hydrogens (tertiary/aromatic N) is 2. The first kappa shape index (κ1) is 13.8. The number of amides is 1. The van der Waals surface area contributed by atoms with Crippen LogP contribution in [0.1, 0.15) is 23.3 Å². The van der Waals surface area contributed by atoms with Crippen LogP contribution in [0.2, 0.25) is 0 Å². The highest BCUT2D eigenvalue weighted by molar-refractivity contribution is 5.99. The van der Waals surface area contributed by atoms with Gasteiger partial charge in [0.25, 0.3) is 5.91 Å². The Morgan fingerprint density at radius 3 is 2.81 bits per heavy atom. The van der Waals surface area contributed by atoms with Crippen molar-refractivity contribution in [3.05, 3.63) is 36.0 Å². The van der Waals surface area contributed by atoms with E-state index in [2.05, 4.69) is 4.98 Å². The lowest BCUT2D eigenvalue weighted by Gasteiger charge is -2.31. The molecule has 0 unspecified atom stereocenters. The number of para-hydroxylation sites is 1. The summed E-state index contributed by atoms with van der Waals surface area (Å²) in [5.74, 6) is -0.0839. The van der Waals surface area contributed by atoms with Crippen molar-refractivity contribution < 1.29 is 9.53 Å². The second kappa shape index (κ2) is 5.69. The lowest BCUT2D eigenvalue weighted by atomic mass is 10.1. The van der Waals surface area contributed by atoms with Crippen molar-refractivity contribution in [1.29, 1.82) is 0 Å². The molecular formula is C16H19N3O2. The lowest BCUT2D eigenvalue weighted by Crippen LogP contribution is -2.41. The van der Waals surface area contributed by atoms with Crippen molar-refractivity contribution in [2.45, 2.75) is 18.9 Å². The number of benzene rings is 1. The smallest absolute Gasteiger partial charge is 0.272 e. The summed E-state index contributed by atoms with van der Waals surface area (Å²) in [6, 6.07) is 9.47. The lowest BCUT2D eigenvalue weighted by molar-refractivity contribution is 0.0359. The Bertz CT molecular complexity index is 666. The van der Waals surface area contributed by atoms with Gasteiger partial charge >= 0.3 is 0 Å². The number of carbonyl (C=O) groups excluding carboxylic acids is 1. The van der Waals surface area contributed by atoms with Gasteiger partial charge in [0.05, 0.1) is 5.52 Å². The van der Waals surface area contributed by atoms with Crippen LogP contribution < -0.4 is 5.73 Å². The molecule has 5 nitrogen and oxygen atoms in total. The Morgan fingerprint density at radius 1 is 1.33 bits per heavy atom. The average molecular weight is 285 g/mol. The Hall–Kier alpha value is -2.14. The third kappa shape index (κ3) is 2.69. The van der Waals surface area contributed by atoms with E-state index in [4.69, 9.17) is 10.5 Å². The highest BCUT2D eigenvalue weighted by atomic mass is 16.5. The van der Waals surface area contributed by atoms with Crippen molar-refractivity contribution in [2.75, 3.05) is 26.0 Å². The minimum absolute atomic E-state index is 0.0839. The number of pyridine rings is 1. The largest absolute Gasteiger partial charge is 0.398 e. The Kier molecular flexibility index (Phi) is 3.75. The van der Waals surface area contributed by atoms with Gasteiger partial charge in [-0.3, -0.25) is 4.79 Å². The van der Waals surface area contributed by atoms with E-state index in [0.29, 0.717) is 24.6 Å². The molecule has 1 aliphatic rings. The normalized spacial score (nSPS) is 16.0. The molecule has 0 spiro atoms. The summed E-state index contributed by atoms with van der Waals surface area (Å²) in [4.78, 5) is 18.8. The highest BCUT2D eigenvalue weighted by Crippen LogP contribution is 2.22. The number of carbonyl (C=O) groups is 1. The molecule has 0 aliphatic carbocycles. The number of nitrogen functional groups attached to an aromatic ring is 1. The zero-order valence-electron chi connectivity index (χ0n) is 12.1. The Morgan fingerprint density at radius 2 is 2.05 bits per heavy atom. The third-order valence-corrected chi connectivity index (χ3v) is 4.03. The molecule has 2 heterocycles. The molecule has 1 aliphatic heterocycles. The fourth-order valence-corrected chi connectivity index (χ4v) is 2.73. The van der Waals surface area contributed by atoms with Crippen molar-refractivity contribution >= 4 is 22.5 Å². The molecule has 0 radical (unpaired) electrons. The first-order valence-electron chi connectivity index (χ1n) is 7.17. The number of hydrogen-bond donors (Lipinski definition) is 1. The summed E-state index contributed by atoms with van der Waals surface area (Å²) in [5, 5.41) is 0.878. The van der Waals surface area contributed by atoms with Crippen LogP contribution in [0.15, 0.2) is 30.3 Å². The summed E-state index contributed by atoms with van der Waals surface area (Å²) in [7, 11) is 1.82. The summed E-state index contributed by atoms with van der Waals surface area (Å²) >= 11 is 0. The van der Waals surface area contributed by atoms with Crippen LogP contribution in [0.5, 0.6) is 0 Å². The second-order valence-electron chi connectivity index (χ2n) is 5.37. The molecule has 110 valence electrons. The maximum Gasteiger partial charge on any atom is 0.272 e. The standard InChI is InChI=1S/C16H19N3O2/c1-19(11-6-8-21-9-7-11)16(20)15-10-13(17)12-4-2-3-5-14(12)18-15/h2-5,10-11H,6-9H2,1H3,(H2,17,18). The molecular weight excluding hydrogens is 266 g/mol. The molecule has 2 N–H and O–H groups in total. The van der Waals surface area contributed by atoms with Crippen molar-refractivity contribution in [1.82, 2.24) is 9.88 Å². The van der Waals surface area contributed by atoms with Crippen LogP contribution in [0, 0.1) is 0 Å². The zero-order chi connectivity index (χ0) is 14.8. The molecule has 0 atom stereocenters. The van der Waals surface area contributed by atoms with E-state index in [9.17, 15) is 4.79 Å². The summed E-state index contributed by atoms with van der Waals surface area (Å²) in [5.41, 5.74) is 7.78. The quantitative estimate of drug-likeness (QED) is 0.917. The molecule has 1 amide bonds. The van der Waals surface area contributed by atoms with Gasteiger partial charge in [0.15, 0.2) is 0 Å². The summed E-state index contributed by atoms with van der Waals surface area (Å²) in [6.07, 6.45) is 1.73. The zero-order valence-corrected chi connectivity index (χ0v) is 12.1. The van der Waals surface area contributed by atoms with E-state index >= 15 is 0 Å². The molecule has 21 heavy (non-hydrogen) atoms. The van der Waals surface area contributed by atoms with E-state index in [0.717, 1.165) is 23.7 Å². The molecule has 3 rings (SSSR count). The summed E-state index contributed by atoms with van der Waals surface area (Å²) < 4.78 is 5.34. The van der Waals surface area contributed by atoms with Gasteiger partial charge in [-0.1, -0.05) is 18.2 Å². The fraction of sp³-hybridized carbons (Fsp3) is 0.375. The predicted molar refractivity (Wildman–Crippen MR) is 82.1 cm³/mol. The van der Waals surface area contributed by atoms with Crippen LogP contribution >= 0.6 is 0 Å². The molecule has 1 aromatic heterocycles. The van der Waals surface area contributed by atoms with Crippen LogP contribution in [0.3, 0.4) is 0 Å². The third-order valence-electron chi connectivity index (χ3n) is 4.03. The first-order chi connectivity index (χ1) is 10.2. The molecule has 5 heteroatoms. The molecule has 1 fully saturated rings. The molecule has 0 saturated carbocycles. The van der Waals surface area contributed by atoms with Crippen molar-refractivity contribution in [3.63, 3.8) is 0 Å². The maximum atomic E-state index is 12.6. The number of anilines is 1. The van der Waals surface area contributed by atoms with Gasteiger partial charge < -0.3 is 15.4 Å². The predicted octanol–water partition coefficient (Wildman–Crippen LogP) is 2.07. The molecule has 0 bridgehead atoms. The minimum atomic E-state index is -0.0839. The number of fused-ring (bicyclic) bond motifs is 1. The topological polar surface area (TPSA) is 68.5 Å². The van der Waals surface area contributed by atoms with E-state index in [1.165, 1.54) is 0 Å². The van der Waals surface area contributed by atoms with Gasteiger partial charge in [0.1, 0.15) is 5.69 Å². The van der Waals surface area contributed by atoms with Crippen LogP contribution in [0.25, 0.3) is 10.9 Å². The number of ether oxygens (including phenoxy) is 1. The Labute approximate surface area is 123 Å². The maximum absolute atomic E-state index is 12.6. The van der Waals surface area contributed by atoms with E-state index in [1.807, 2.05) is 31.3 Å². The van der Waals surface area contributed by atoms with Gasteiger partial charge in [-0.25, -0.2) is 4.98 Å². The van der Waals surface area contributed by atoms with Gasteiger partial charge in [-0.15, -0.1) is 0 Å². The van der Waals surface area contributed by atoms with Crippen molar-refractivity contribution in [3.8, 4) is 0 Å². The number of rotatable bonds is 2. The number of hydrogen-bond acceptors (Lipinski definition) is 4. The van der Waals surface area contributed by atoms with Crippen LogP contribution in [-0.2, 0) is 4.74 Å². The van der Waals surface area contributed by atoms with Gasteiger partial charge in [0, 0.05) is 37.4 Å². The first-order valence-corrected chi connectivity index (χ1v) is 7.17. The molecule has 2 aromatic rings. The number of nitrogens with two attached hydrogens (primary N) is 1. The monoisotopic (exact) mass is 285 g/mol. The SMILES string of the molecule is CN(C(=O)c1cc(N)c2ccccc2n1)C1CCOCC1. The van der Waals surface area contributed by atoms with Crippen LogP contribution in [-0.4, -0.2) is 42.1 Å². The van der Waals surface area contributed by atoms with E-state index in [-0.39, 0.29) is 11.9 Å². The van der Waals surface area contributed by atoms with Crippen molar-refractivity contribution in [2.24, 2.45) is 0 Å². The highest BCUT2D eigenvalue weighted by Gasteiger charge is 2.24. The Balaban J connectivity index is 1.90. The van der Waals surface area contributed by atoms with Gasteiger partial charge in [-0.2, -0.15) is 0 Å². The van der Waals surface area contributed by atoms with Gasteiger partial charge in [-0.05, 0) is 25.0 Å². The van der Waals surface area contributed by atoms with E-state index in [1.54, 1.807) is 11.0 Å². The average Bonchev–Trinajstić information content (AvgIpc) is 2.54. The number of aromatic nitrogens is 1. The van der Waals surface area contributed by atoms with Crippen LogP contribution in [0.4, 0.5) is 5.69 Å². The molecule has 1 aromatic carbocycles. The fourth-order valence-electron chi connectivity index (χ4n) is 2.73. The summed E-state index contributed by atoms with van der Waals surface area (Å²) in [6.45, 7) is 1.41. The minimum Gasteiger partial charge on any atom is -0.398 e. The molecule has 1 saturated heterocycles.